The third-order valence-corrected chi connectivity index (χ3v) is 4.66. The zero-order chi connectivity index (χ0) is 18.0. The molecule has 0 saturated carbocycles. The Morgan fingerprint density at radius 3 is 2.54 bits per heavy atom. The molecule has 1 amide bonds. The number of hydrogen-bond donors (Lipinski definition) is 2. The molecule has 0 unspecified atom stereocenters. The monoisotopic (exact) mass is 332 g/mol. The van der Waals surface area contributed by atoms with Gasteiger partial charge in [-0.25, -0.2) is 0 Å². The fraction of sp³-hybridized carbons (Fsp3) is 0.667. The van der Waals surface area contributed by atoms with Gasteiger partial charge in [0.15, 0.2) is 0 Å². The first-order chi connectivity index (χ1) is 11.4. The van der Waals surface area contributed by atoms with Gasteiger partial charge in [0.2, 0.25) is 0 Å². The van der Waals surface area contributed by atoms with E-state index in [2.05, 4.69) is 51.3 Å². The molecule has 0 aromatic carbocycles. The maximum Gasteiger partial charge on any atom is 0.251 e. The van der Waals surface area contributed by atoms with Gasteiger partial charge in [-0.2, -0.15) is 0 Å². The SMILES string of the molecule is CCCNC/C=C(\C=C\C1=C(C)CCCC1(C)C)C(=O)NCCC. The molecule has 0 atom stereocenters. The number of amides is 1. The van der Waals surface area contributed by atoms with Crippen LogP contribution in [0.4, 0.5) is 0 Å². The summed E-state index contributed by atoms with van der Waals surface area (Å²) in [6.45, 7) is 13.5. The fourth-order valence-corrected chi connectivity index (χ4v) is 3.22. The molecule has 1 aliphatic rings. The molecule has 1 rings (SSSR count). The average Bonchev–Trinajstić information content (AvgIpc) is 2.53. The van der Waals surface area contributed by atoms with E-state index in [9.17, 15) is 4.79 Å². The quantitative estimate of drug-likeness (QED) is 0.370. The van der Waals surface area contributed by atoms with Crippen molar-refractivity contribution >= 4 is 5.91 Å². The lowest BCUT2D eigenvalue weighted by atomic mass is 9.72. The van der Waals surface area contributed by atoms with Crippen molar-refractivity contribution in [3.05, 3.63) is 34.9 Å². The van der Waals surface area contributed by atoms with Crippen LogP contribution in [-0.4, -0.2) is 25.5 Å². The lowest BCUT2D eigenvalue weighted by molar-refractivity contribution is -0.117. The molecule has 0 aromatic rings. The summed E-state index contributed by atoms with van der Waals surface area (Å²) < 4.78 is 0. The lowest BCUT2D eigenvalue weighted by Gasteiger charge is -2.33. The van der Waals surface area contributed by atoms with E-state index in [-0.39, 0.29) is 11.3 Å². The van der Waals surface area contributed by atoms with Crippen LogP contribution in [0.1, 0.15) is 66.7 Å². The Morgan fingerprint density at radius 1 is 1.21 bits per heavy atom. The summed E-state index contributed by atoms with van der Waals surface area (Å²) >= 11 is 0. The van der Waals surface area contributed by atoms with Crippen molar-refractivity contribution in [2.24, 2.45) is 5.41 Å². The first-order valence-electron chi connectivity index (χ1n) is 9.49. The van der Waals surface area contributed by atoms with Gasteiger partial charge in [0, 0.05) is 18.7 Å². The normalized spacial score (nSPS) is 18.3. The highest BCUT2D eigenvalue weighted by molar-refractivity contribution is 5.96. The summed E-state index contributed by atoms with van der Waals surface area (Å²) in [5, 5.41) is 6.33. The molecule has 0 aromatic heterocycles. The Bertz CT molecular complexity index is 498. The molecule has 0 spiro atoms. The molecule has 0 aliphatic heterocycles. The van der Waals surface area contributed by atoms with E-state index in [0.29, 0.717) is 0 Å². The second-order valence-electron chi connectivity index (χ2n) is 7.38. The van der Waals surface area contributed by atoms with Crippen molar-refractivity contribution in [3.63, 3.8) is 0 Å². The first-order valence-corrected chi connectivity index (χ1v) is 9.49. The predicted molar refractivity (Wildman–Crippen MR) is 104 cm³/mol. The molecule has 0 heterocycles. The van der Waals surface area contributed by atoms with Crippen molar-refractivity contribution < 1.29 is 4.79 Å². The highest BCUT2D eigenvalue weighted by Crippen LogP contribution is 2.40. The minimum atomic E-state index is 0.0262. The summed E-state index contributed by atoms with van der Waals surface area (Å²) in [6, 6.07) is 0. The average molecular weight is 333 g/mol. The Hall–Kier alpha value is -1.35. The second kappa shape index (κ2) is 10.5. The van der Waals surface area contributed by atoms with E-state index < -0.39 is 0 Å². The molecule has 0 radical (unpaired) electrons. The van der Waals surface area contributed by atoms with Crippen LogP contribution >= 0.6 is 0 Å². The Kier molecular flexibility index (Phi) is 9.05. The van der Waals surface area contributed by atoms with Gasteiger partial charge in [-0.1, -0.05) is 45.4 Å². The summed E-state index contributed by atoms with van der Waals surface area (Å²) in [7, 11) is 0. The summed E-state index contributed by atoms with van der Waals surface area (Å²) in [5.74, 6) is 0.0262. The maximum absolute atomic E-state index is 12.4. The number of carbonyl (C=O) groups excluding carboxylic acids is 1. The number of nitrogens with one attached hydrogen (secondary N) is 2. The van der Waals surface area contributed by atoms with Gasteiger partial charge < -0.3 is 10.6 Å². The van der Waals surface area contributed by atoms with Crippen molar-refractivity contribution in [2.75, 3.05) is 19.6 Å². The van der Waals surface area contributed by atoms with Gasteiger partial charge >= 0.3 is 0 Å². The van der Waals surface area contributed by atoms with Crippen molar-refractivity contribution in [2.45, 2.75) is 66.7 Å². The maximum atomic E-state index is 12.4. The van der Waals surface area contributed by atoms with Crippen LogP contribution in [0.25, 0.3) is 0 Å². The third-order valence-electron chi connectivity index (χ3n) is 4.66. The van der Waals surface area contributed by atoms with E-state index in [1.807, 2.05) is 12.2 Å². The van der Waals surface area contributed by atoms with Crippen LogP contribution in [0, 0.1) is 5.41 Å². The topological polar surface area (TPSA) is 41.1 Å². The number of rotatable bonds is 9. The van der Waals surface area contributed by atoms with E-state index in [4.69, 9.17) is 0 Å². The molecular weight excluding hydrogens is 296 g/mol. The molecule has 0 fully saturated rings. The summed E-state index contributed by atoms with van der Waals surface area (Å²) in [4.78, 5) is 12.4. The molecule has 0 bridgehead atoms. The molecule has 0 saturated heterocycles. The molecule has 24 heavy (non-hydrogen) atoms. The molecule has 2 N–H and O–H groups in total. The van der Waals surface area contributed by atoms with Gasteiger partial charge in [0.25, 0.3) is 5.91 Å². The number of hydrogen-bond acceptors (Lipinski definition) is 2. The molecule has 3 heteroatoms. The minimum absolute atomic E-state index is 0.0262. The van der Waals surface area contributed by atoms with Gasteiger partial charge in [-0.05, 0) is 62.6 Å². The van der Waals surface area contributed by atoms with Crippen LogP contribution < -0.4 is 10.6 Å². The second-order valence-corrected chi connectivity index (χ2v) is 7.38. The molecule has 136 valence electrons. The van der Waals surface area contributed by atoms with Crippen molar-refractivity contribution in [3.8, 4) is 0 Å². The van der Waals surface area contributed by atoms with Crippen LogP contribution in [0.3, 0.4) is 0 Å². The van der Waals surface area contributed by atoms with Crippen LogP contribution in [0.5, 0.6) is 0 Å². The van der Waals surface area contributed by atoms with E-state index in [1.165, 1.54) is 30.4 Å². The zero-order valence-corrected chi connectivity index (χ0v) is 16.3. The molecular formula is C21H36N2O. The van der Waals surface area contributed by atoms with Crippen LogP contribution in [0.15, 0.2) is 34.9 Å². The fourth-order valence-electron chi connectivity index (χ4n) is 3.22. The van der Waals surface area contributed by atoms with Gasteiger partial charge in [0.05, 0.1) is 0 Å². The Balaban J connectivity index is 2.91. The largest absolute Gasteiger partial charge is 0.352 e. The van der Waals surface area contributed by atoms with Crippen LogP contribution in [0.2, 0.25) is 0 Å². The molecule has 1 aliphatic carbocycles. The van der Waals surface area contributed by atoms with Crippen LogP contribution in [-0.2, 0) is 4.79 Å². The third kappa shape index (κ3) is 6.64. The van der Waals surface area contributed by atoms with Gasteiger partial charge in [-0.3, -0.25) is 4.79 Å². The van der Waals surface area contributed by atoms with Gasteiger partial charge in [0.1, 0.15) is 0 Å². The smallest absolute Gasteiger partial charge is 0.251 e. The Labute approximate surface area is 148 Å². The zero-order valence-electron chi connectivity index (χ0n) is 16.3. The van der Waals surface area contributed by atoms with E-state index in [1.54, 1.807) is 0 Å². The predicted octanol–water partition coefficient (Wildman–Crippen LogP) is 4.52. The first kappa shape index (κ1) is 20.7. The molecule has 3 nitrogen and oxygen atoms in total. The van der Waals surface area contributed by atoms with E-state index >= 15 is 0 Å². The summed E-state index contributed by atoms with van der Waals surface area (Å²) in [6.07, 6.45) is 11.9. The number of allylic oxidation sites excluding steroid dienone is 3. The summed E-state index contributed by atoms with van der Waals surface area (Å²) in [5.41, 5.74) is 3.81. The van der Waals surface area contributed by atoms with Gasteiger partial charge in [-0.15, -0.1) is 0 Å². The lowest BCUT2D eigenvalue weighted by Crippen LogP contribution is -2.26. The van der Waals surface area contributed by atoms with E-state index in [0.717, 1.165) is 38.0 Å². The highest BCUT2D eigenvalue weighted by Gasteiger charge is 2.26. The van der Waals surface area contributed by atoms with Crippen molar-refractivity contribution in [1.29, 1.82) is 0 Å². The van der Waals surface area contributed by atoms with Crippen molar-refractivity contribution in [1.82, 2.24) is 10.6 Å². The minimum Gasteiger partial charge on any atom is -0.352 e. The number of carbonyl (C=O) groups is 1. The Morgan fingerprint density at radius 2 is 1.92 bits per heavy atom. The highest BCUT2D eigenvalue weighted by atomic mass is 16.1. The standard InChI is InChI=1S/C21H36N2O/c1-6-14-22-16-12-18(20(24)23-15-7-2)10-11-19-17(3)9-8-13-21(19,4)5/h10-12,22H,6-9,13-16H2,1-5H3,(H,23,24)/b11-10+,18-12+.